The van der Waals surface area contributed by atoms with Crippen molar-refractivity contribution in [3.63, 3.8) is 0 Å². The molecule has 2 aliphatic rings. The van der Waals surface area contributed by atoms with Crippen molar-refractivity contribution in [2.24, 2.45) is 0 Å². The molecule has 13 heteroatoms. The maximum absolute atomic E-state index is 13.3. The molecular weight excluding hydrogens is 516 g/mol. The Hall–Kier alpha value is -3.10. The van der Waals surface area contributed by atoms with E-state index in [1.165, 1.54) is 4.90 Å². The van der Waals surface area contributed by atoms with Crippen molar-refractivity contribution < 1.29 is 53.8 Å². The number of esters is 2. The first-order valence-electron chi connectivity index (χ1n) is 12.9. The van der Waals surface area contributed by atoms with Crippen LogP contribution in [0.2, 0.25) is 0 Å². The number of ether oxygens (including phenoxy) is 3. The molecule has 5 N–H and O–H groups in total. The Morgan fingerprint density at radius 2 is 1.79 bits per heavy atom. The fourth-order valence-corrected chi connectivity index (χ4v) is 4.71. The van der Waals surface area contributed by atoms with Gasteiger partial charge in [-0.15, -0.1) is 0 Å². The van der Waals surface area contributed by atoms with Crippen molar-refractivity contribution in [3.05, 3.63) is 35.9 Å². The lowest BCUT2D eigenvalue weighted by molar-refractivity contribution is -0.287. The standard InChI is InChI=1S/C26H36N2O11/c1-3-37-24(35)16(12-11-15-8-5-4-6-9-15)27-14(2)22(32)28-13-7-10-17(28)25(36)39-26-20(31)18(29)19(30)21(38-26)23(33)34/h4-6,8-9,14,16-21,26-27,29-31H,3,7,10-13H2,1-2H3,(H,33,34)/t14?,16-,17+,18-,19-,20+,21-,26-/m0/s1. The Kier molecular flexibility index (Phi) is 10.8. The van der Waals surface area contributed by atoms with Gasteiger partial charge in [0.25, 0.3) is 0 Å². The summed E-state index contributed by atoms with van der Waals surface area (Å²) in [5, 5.41) is 42.1. The van der Waals surface area contributed by atoms with Gasteiger partial charge in [-0.05, 0) is 45.1 Å². The van der Waals surface area contributed by atoms with Crippen LogP contribution in [0.1, 0.15) is 38.7 Å². The minimum atomic E-state index is -1.93. The molecule has 8 atom stereocenters. The van der Waals surface area contributed by atoms with Crippen LogP contribution in [-0.2, 0) is 39.8 Å². The summed E-state index contributed by atoms with van der Waals surface area (Å²) in [6.07, 6.45) is -7.90. The number of amides is 1. The van der Waals surface area contributed by atoms with E-state index in [2.05, 4.69) is 5.32 Å². The van der Waals surface area contributed by atoms with Crippen LogP contribution in [0, 0.1) is 0 Å². The average Bonchev–Trinajstić information content (AvgIpc) is 3.41. The number of aliphatic carboxylic acids is 1. The fourth-order valence-electron chi connectivity index (χ4n) is 4.71. The van der Waals surface area contributed by atoms with Crippen LogP contribution in [0.25, 0.3) is 0 Å². The van der Waals surface area contributed by atoms with Gasteiger partial charge in [0.05, 0.1) is 12.6 Å². The van der Waals surface area contributed by atoms with Crippen molar-refractivity contribution >= 4 is 23.8 Å². The van der Waals surface area contributed by atoms with Gasteiger partial charge in [-0.1, -0.05) is 30.3 Å². The molecule has 2 saturated heterocycles. The third-order valence-electron chi connectivity index (χ3n) is 6.81. The number of likely N-dealkylation sites (tertiary alicyclic amines) is 1. The molecule has 39 heavy (non-hydrogen) atoms. The Labute approximate surface area is 225 Å². The number of hydrogen-bond donors (Lipinski definition) is 5. The molecule has 1 amide bonds. The third-order valence-corrected chi connectivity index (χ3v) is 6.81. The van der Waals surface area contributed by atoms with Crippen LogP contribution in [0.15, 0.2) is 30.3 Å². The van der Waals surface area contributed by atoms with E-state index in [9.17, 15) is 39.6 Å². The summed E-state index contributed by atoms with van der Waals surface area (Å²) in [7, 11) is 0. The number of rotatable bonds is 11. The number of nitrogens with one attached hydrogen (secondary N) is 1. The molecule has 1 aromatic carbocycles. The van der Waals surface area contributed by atoms with E-state index < -0.39 is 72.6 Å². The Balaban J connectivity index is 1.64. The number of carboxylic acid groups (broad SMARTS) is 1. The number of nitrogens with zero attached hydrogens (tertiary/aromatic N) is 1. The molecule has 0 bridgehead atoms. The number of carboxylic acids is 1. The van der Waals surface area contributed by atoms with Crippen molar-refractivity contribution in [1.29, 1.82) is 0 Å². The van der Waals surface area contributed by atoms with E-state index in [1.807, 2.05) is 30.3 Å². The first kappa shape index (κ1) is 30.4. The first-order valence-corrected chi connectivity index (χ1v) is 12.9. The summed E-state index contributed by atoms with van der Waals surface area (Å²) in [4.78, 5) is 51.4. The van der Waals surface area contributed by atoms with E-state index in [0.29, 0.717) is 19.3 Å². The minimum absolute atomic E-state index is 0.175. The largest absolute Gasteiger partial charge is 0.479 e. The number of hydrogen-bond acceptors (Lipinski definition) is 11. The van der Waals surface area contributed by atoms with Crippen LogP contribution in [0.3, 0.4) is 0 Å². The van der Waals surface area contributed by atoms with E-state index in [-0.39, 0.29) is 19.6 Å². The molecule has 1 aromatic rings. The third kappa shape index (κ3) is 7.51. The number of carbonyl (C=O) groups is 4. The lowest BCUT2D eigenvalue weighted by Crippen LogP contribution is -2.61. The highest BCUT2D eigenvalue weighted by atomic mass is 16.7. The van der Waals surface area contributed by atoms with Gasteiger partial charge in [0.1, 0.15) is 30.4 Å². The van der Waals surface area contributed by atoms with Crippen molar-refractivity contribution in [2.45, 2.75) is 88.4 Å². The highest BCUT2D eigenvalue weighted by Crippen LogP contribution is 2.26. The lowest BCUT2D eigenvalue weighted by Gasteiger charge is -2.38. The molecule has 0 spiro atoms. The SMILES string of the molecule is CCOC(=O)[C@H](CCc1ccccc1)NC(C)C(=O)N1CCC[C@@H]1C(=O)O[C@@H]1O[C@H](C(=O)O)[C@@H](O)[C@H](O)[C@H]1O. The quantitative estimate of drug-likeness (QED) is 0.210. The molecule has 0 radical (unpaired) electrons. The van der Waals surface area contributed by atoms with E-state index in [0.717, 1.165) is 5.56 Å². The topological polar surface area (TPSA) is 192 Å². The van der Waals surface area contributed by atoms with Gasteiger partial charge in [-0.2, -0.15) is 0 Å². The van der Waals surface area contributed by atoms with Gasteiger partial charge in [-0.3, -0.25) is 14.9 Å². The summed E-state index contributed by atoms with van der Waals surface area (Å²) in [5.74, 6) is -3.54. The van der Waals surface area contributed by atoms with Gasteiger partial charge in [0.15, 0.2) is 6.10 Å². The molecule has 2 heterocycles. The summed E-state index contributed by atoms with van der Waals surface area (Å²) >= 11 is 0. The highest BCUT2D eigenvalue weighted by molar-refractivity contribution is 5.88. The second kappa shape index (κ2) is 13.8. The zero-order chi connectivity index (χ0) is 28.7. The van der Waals surface area contributed by atoms with E-state index in [1.54, 1.807) is 13.8 Å². The lowest BCUT2D eigenvalue weighted by atomic mass is 9.99. The van der Waals surface area contributed by atoms with Crippen LogP contribution in [-0.4, -0.2) is 111 Å². The zero-order valence-electron chi connectivity index (χ0n) is 21.8. The van der Waals surface area contributed by atoms with Crippen LogP contribution in [0.5, 0.6) is 0 Å². The molecule has 2 fully saturated rings. The molecular formula is C26H36N2O11. The van der Waals surface area contributed by atoms with Crippen LogP contribution < -0.4 is 5.32 Å². The molecule has 1 unspecified atom stereocenters. The van der Waals surface area contributed by atoms with Gasteiger partial charge < -0.3 is 39.5 Å². The monoisotopic (exact) mass is 552 g/mol. The summed E-state index contributed by atoms with van der Waals surface area (Å²) < 4.78 is 15.3. The van der Waals surface area contributed by atoms with E-state index >= 15 is 0 Å². The predicted molar refractivity (Wildman–Crippen MR) is 133 cm³/mol. The maximum Gasteiger partial charge on any atom is 0.335 e. The van der Waals surface area contributed by atoms with Crippen LogP contribution >= 0.6 is 0 Å². The maximum atomic E-state index is 13.3. The van der Waals surface area contributed by atoms with Crippen LogP contribution in [0.4, 0.5) is 0 Å². The Bertz CT molecular complexity index is 1010. The van der Waals surface area contributed by atoms with Gasteiger partial charge >= 0.3 is 17.9 Å². The predicted octanol–water partition coefficient (Wildman–Crippen LogP) is -1.04. The second-order valence-corrected chi connectivity index (χ2v) is 9.58. The number of benzene rings is 1. The average molecular weight is 553 g/mol. The molecule has 0 aliphatic carbocycles. The molecule has 2 aliphatic heterocycles. The molecule has 3 rings (SSSR count). The number of aliphatic hydroxyl groups excluding tert-OH is 3. The fraction of sp³-hybridized carbons (Fsp3) is 0.615. The molecule has 13 nitrogen and oxygen atoms in total. The second-order valence-electron chi connectivity index (χ2n) is 9.58. The summed E-state index contributed by atoms with van der Waals surface area (Å²) in [6, 6.07) is 6.84. The molecule has 216 valence electrons. The number of aryl methyl sites for hydroxylation is 1. The molecule has 0 saturated carbocycles. The summed E-state index contributed by atoms with van der Waals surface area (Å²) in [5.41, 5.74) is 1.02. The van der Waals surface area contributed by atoms with Gasteiger partial charge in [0, 0.05) is 6.54 Å². The number of carbonyl (C=O) groups excluding carboxylic acids is 3. The summed E-state index contributed by atoms with van der Waals surface area (Å²) in [6.45, 7) is 3.66. The first-order chi connectivity index (χ1) is 18.5. The molecule has 0 aromatic heterocycles. The Morgan fingerprint density at radius 3 is 2.44 bits per heavy atom. The van der Waals surface area contributed by atoms with Crippen molar-refractivity contribution in [1.82, 2.24) is 10.2 Å². The van der Waals surface area contributed by atoms with Crippen molar-refractivity contribution in [3.8, 4) is 0 Å². The zero-order valence-corrected chi connectivity index (χ0v) is 21.8. The van der Waals surface area contributed by atoms with Gasteiger partial charge in [0.2, 0.25) is 12.2 Å². The smallest absolute Gasteiger partial charge is 0.335 e. The van der Waals surface area contributed by atoms with Gasteiger partial charge in [-0.25, -0.2) is 9.59 Å². The van der Waals surface area contributed by atoms with E-state index in [4.69, 9.17) is 14.2 Å². The highest BCUT2D eigenvalue weighted by Gasteiger charge is 2.49. The normalized spacial score (nSPS) is 28.4. The Morgan fingerprint density at radius 1 is 1.10 bits per heavy atom. The number of aliphatic hydroxyl groups is 3. The minimum Gasteiger partial charge on any atom is -0.479 e. The van der Waals surface area contributed by atoms with Crippen molar-refractivity contribution in [2.75, 3.05) is 13.2 Å².